The van der Waals surface area contributed by atoms with Crippen molar-refractivity contribution in [2.24, 2.45) is 11.8 Å². The minimum Gasteiger partial charge on any atom is -0.366 e. The molecule has 0 radical (unpaired) electrons. The lowest BCUT2D eigenvalue weighted by molar-refractivity contribution is -0.136. The van der Waals surface area contributed by atoms with Crippen molar-refractivity contribution in [3.05, 3.63) is 96.1 Å². The first-order valence-electron chi connectivity index (χ1n) is 14.1. The van der Waals surface area contributed by atoms with E-state index in [4.69, 9.17) is 4.98 Å². The van der Waals surface area contributed by atoms with Crippen molar-refractivity contribution in [3.8, 4) is 0 Å². The highest BCUT2D eigenvalue weighted by atomic mass is 16.2. The lowest BCUT2D eigenvalue weighted by Crippen LogP contribution is -2.42. The molecule has 1 aliphatic carbocycles. The quantitative estimate of drug-likeness (QED) is 0.297. The van der Waals surface area contributed by atoms with Crippen molar-refractivity contribution in [1.82, 2.24) is 24.5 Å². The first-order chi connectivity index (χ1) is 19.1. The molecule has 1 saturated heterocycles. The highest BCUT2D eigenvalue weighted by molar-refractivity contribution is 5.78. The molecule has 4 atom stereocenters. The number of rotatable bonds is 9. The van der Waals surface area contributed by atoms with Gasteiger partial charge in [0.25, 0.3) is 0 Å². The van der Waals surface area contributed by atoms with Crippen LogP contribution in [-0.4, -0.2) is 43.5 Å². The number of piperidine rings is 1. The van der Waals surface area contributed by atoms with Crippen LogP contribution < -0.4 is 5.32 Å². The molecular formula is C32H36N6O. The van der Waals surface area contributed by atoms with Crippen LogP contribution in [0, 0.1) is 11.8 Å². The maximum Gasteiger partial charge on any atom is 0.225 e. The van der Waals surface area contributed by atoms with E-state index in [0.717, 1.165) is 54.1 Å². The zero-order valence-electron chi connectivity index (χ0n) is 22.5. The van der Waals surface area contributed by atoms with E-state index in [9.17, 15) is 4.79 Å². The molecule has 0 bridgehead atoms. The van der Waals surface area contributed by atoms with E-state index in [-0.39, 0.29) is 17.7 Å². The lowest BCUT2D eigenvalue weighted by Gasteiger charge is -2.34. The Morgan fingerprint density at radius 2 is 2.08 bits per heavy atom. The second-order valence-electron chi connectivity index (χ2n) is 11.1. The minimum absolute atomic E-state index is 0.0387. The molecule has 1 saturated carbocycles. The zero-order valence-corrected chi connectivity index (χ0v) is 22.5. The molecule has 4 heterocycles. The van der Waals surface area contributed by atoms with Crippen molar-refractivity contribution in [2.45, 2.75) is 51.0 Å². The number of hydrogen-bond donors (Lipinski definition) is 1. The average Bonchev–Trinajstić information content (AvgIpc) is 3.63. The van der Waals surface area contributed by atoms with E-state index in [0.29, 0.717) is 24.9 Å². The molecule has 1 N–H and O–H groups in total. The summed E-state index contributed by atoms with van der Waals surface area (Å²) in [5, 5.41) is 8.08. The largest absolute Gasteiger partial charge is 0.366 e. The molecule has 1 amide bonds. The minimum atomic E-state index is 0.0387. The van der Waals surface area contributed by atoms with Crippen molar-refractivity contribution >= 4 is 23.4 Å². The van der Waals surface area contributed by atoms with E-state index < -0.39 is 0 Å². The number of anilines is 1. The summed E-state index contributed by atoms with van der Waals surface area (Å²) in [7, 11) is 0. The maximum absolute atomic E-state index is 13.5. The van der Waals surface area contributed by atoms with Gasteiger partial charge in [-0.1, -0.05) is 56.0 Å². The Morgan fingerprint density at radius 1 is 1.21 bits per heavy atom. The van der Waals surface area contributed by atoms with Gasteiger partial charge in [-0.15, -0.1) is 0 Å². The number of carbonyl (C=O) groups excluding carboxylic acids is 1. The number of likely N-dealkylation sites (tertiary alicyclic amines) is 1. The Hall–Kier alpha value is -4.00. The fraction of sp³-hybridized carbons (Fsp3) is 0.375. The number of amides is 1. The number of nitrogens with one attached hydrogen (secondary N) is 1. The van der Waals surface area contributed by atoms with Gasteiger partial charge in [0, 0.05) is 55.5 Å². The summed E-state index contributed by atoms with van der Waals surface area (Å²) in [4.78, 5) is 24.9. The van der Waals surface area contributed by atoms with Crippen LogP contribution in [0.1, 0.15) is 66.8 Å². The average molecular weight is 521 g/mol. The fourth-order valence-electron chi connectivity index (χ4n) is 6.07. The van der Waals surface area contributed by atoms with Crippen LogP contribution in [0.4, 0.5) is 5.82 Å². The second kappa shape index (κ2) is 11.0. The number of nitrogens with zero attached hydrogens (tertiary/aromatic N) is 5. The second-order valence-corrected chi connectivity index (χ2v) is 11.1. The van der Waals surface area contributed by atoms with E-state index in [1.165, 1.54) is 12.0 Å². The van der Waals surface area contributed by atoms with Gasteiger partial charge in [-0.25, -0.2) is 4.98 Å². The van der Waals surface area contributed by atoms with Gasteiger partial charge in [0.1, 0.15) is 5.82 Å². The third-order valence-corrected chi connectivity index (χ3v) is 8.31. The third-order valence-electron chi connectivity index (χ3n) is 8.31. The van der Waals surface area contributed by atoms with Crippen LogP contribution in [0.5, 0.6) is 0 Å². The predicted molar refractivity (Wildman–Crippen MR) is 154 cm³/mol. The molecule has 1 aromatic carbocycles. The summed E-state index contributed by atoms with van der Waals surface area (Å²) in [5.74, 6) is 2.61. The maximum atomic E-state index is 13.5. The van der Waals surface area contributed by atoms with Gasteiger partial charge in [0.05, 0.1) is 11.9 Å². The highest BCUT2D eigenvalue weighted by Crippen LogP contribution is 2.51. The third kappa shape index (κ3) is 5.44. The van der Waals surface area contributed by atoms with E-state index >= 15 is 0 Å². The molecule has 2 aliphatic rings. The van der Waals surface area contributed by atoms with Crippen molar-refractivity contribution in [2.75, 3.05) is 18.4 Å². The van der Waals surface area contributed by atoms with Gasteiger partial charge in [-0.05, 0) is 54.7 Å². The van der Waals surface area contributed by atoms with Crippen molar-refractivity contribution in [3.63, 3.8) is 0 Å². The molecule has 39 heavy (non-hydrogen) atoms. The van der Waals surface area contributed by atoms with Gasteiger partial charge in [0.15, 0.2) is 5.65 Å². The zero-order chi connectivity index (χ0) is 26.8. The van der Waals surface area contributed by atoms with Crippen LogP contribution in [0.25, 0.3) is 11.7 Å². The molecule has 0 spiro atoms. The van der Waals surface area contributed by atoms with Gasteiger partial charge in [0.2, 0.25) is 5.91 Å². The summed E-state index contributed by atoms with van der Waals surface area (Å²) >= 11 is 0. The Bertz CT molecular complexity index is 1450. The number of carbonyl (C=O) groups is 1. The smallest absolute Gasteiger partial charge is 0.225 e. The topological polar surface area (TPSA) is 75.4 Å². The Kier molecular flexibility index (Phi) is 7.14. The summed E-state index contributed by atoms with van der Waals surface area (Å²) in [5.41, 5.74) is 5.18. The fourth-order valence-corrected chi connectivity index (χ4v) is 6.07. The molecule has 3 aromatic heterocycles. The summed E-state index contributed by atoms with van der Waals surface area (Å²) in [6.45, 7) is 8.23. The van der Waals surface area contributed by atoms with Gasteiger partial charge in [-0.2, -0.15) is 9.61 Å². The first-order valence-corrected chi connectivity index (χ1v) is 14.1. The SMILES string of the molecule is C=Cc1cnn2c(NCc3cccnc3)cc(C3CCCN(C(=O)C(C)C[C@@H]4C[C@H]4c4ccccc4)C3)nc12. The summed E-state index contributed by atoms with van der Waals surface area (Å²) in [6, 6.07) is 16.8. The molecule has 2 fully saturated rings. The number of aromatic nitrogens is 4. The van der Waals surface area contributed by atoms with Gasteiger partial charge in [-0.3, -0.25) is 9.78 Å². The monoisotopic (exact) mass is 520 g/mol. The van der Waals surface area contributed by atoms with Crippen LogP contribution >= 0.6 is 0 Å². The van der Waals surface area contributed by atoms with E-state index in [1.54, 1.807) is 18.5 Å². The van der Waals surface area contributed by atoms with E-state index in [1.807, 2.05) is 22.8 Å². The van der Waals surface area contributed by atoms with Crippen molar-refractivity contribution < 1.29 is 4.79 Å². The lowest BCUT2D eigenvalue weighted by atomic mass is 9.92. The summed E-state index contributed by atoms with van der Waals surface area (Å²) in [6.07, 6.45) is 11.4. The van der Waals surface area contributed by atoms with Gasteiger partial charge >= 0.3 is 0 Å². The van der Waals surface area contributed by atoms with E-state index in [2.05, 4.69) is 70.2 Å². The molecule has 200 valence electrons. The van der Waals surface area contributed by atoms with Crippen LogP contribution in [-0.2, 0) is 11.3 Å². The Balaban J connectivity index is 1.16. The van der Waals surface area contributed by atoms with Crippen LogP contribution in [0.3, 0.4) is 0 Å². The number of fused-ring (bicyclic) bond motifs is 1. The molecule has 6 rings (SSSR count). The highest BCUT2D eigenvalue weighted by Gasteiger charge is 2.40. The standard InChI is InChI=1S/C32H36N6O/c1-3-24-20-35-38-30(34-19-23-9-7-13-33-18-23)17-29(36-31(24)38)26-12-8-14-37(21-26)32(39)22(2)15-27-16-28(27)25-10-5-4-6-11-25/h3-7,9-11,13,17-18,20,22,26-28,34H,1,8,12,14-16,19,21H2,2H3/t22?,26?,27-,28+/m1/s1. The number of hydrogen-bond acceptors (Lipinski definition) is 5. The summed E-state index contributed by atoms with van der Waals surface area (Å²) < 4.78 is 1.84. The molecule has 4 aromatic rings. The number of pyridine rings is 1. The molecule has 7 nitrogen and oxygen atoms in total. The first kappa shape index (κ1) is 25.3. The Morgan fingerprint density at radius 3 is 2.87 bits per heavy atom. The molecule has 1 aliphatic heterocycles. The van der Waals surface area contributed by atoms with Crippen LogP contribution in [0.15, 0.2) is 73.7 Å². The molecule has 7 heteroatoms. The van der Waals surface area contributed by atoms with Crippen LogP contribution in [0.2, 0.25) is 0 Å². The molecular weight excluding hydrogens is 484 g/mol. The van der Waals surface area contributed by atoms with Crippen molar-refractivity contribution in [1.29, 1.82) is 0 Å². The predicted octanol–water partition coefficient (Wildman–Crippen LogP) is 5.92. The Labute approximate surface area is 230 Å². The number of benzene rings is 1. The normalized spacial score (nSPS) is 21.5. The van der Waals surface area contributed by atoms with Gasteiger partial charge < -0.3 is 10.2 Å². The molecule has 2 unspecified atom stereocenters.